The van der Waals surface area contributed by atoms with Crippen molar-refractivity contribution in [3.05, 3.63) is 42.0 Å². The first-order valence-corrected chi connectivity index (χ1v) is 59.7. The lowest BCUT2D eigenvalue weighted by Gasteiger charge is -2.50. The van der Waals surface area contributed by atoms with Gasteiger partial charge in [0.05, 0.1) is 0 Å². The highest BCUT2D eigenvalue weighted by Crippen LogP contribution is 2.40. The Kier molecular flexibility index (Phi) is 21.7. The molecule has 364 valence electrons. The van der Waals surface area contributed by atoms with Gasteiger partial charge in [0, 0.05) is 6.04 Å². The van der Waals surface area contributed by atoms with Crippen molar-refractivity contribution in [2.75, 3.05) is 0 Å². The Morgan fingerprint density at radius 1 is 0.306 bits per heavy atom. The molecule has 0 fully saturated rings. The molecule has 0 amide bonds. The van der Waals surface area contributed by atoms with Crippen molar-refractivity contribution in [1.82, 2.24) is 0 Å². The molecular formula is C37H92O12Si13. The molecule has 1 aromatic rings. The molecule has 0 bridgehead atoms. The van der Waals surface area contributed by atoms with Crippen molar-refractivity contribution >= 4 is 117 Å². The summed E-state index contributed by atoms with van der Waals surface area (Å²) in [7, 11) is -40.0. The zero-order valence-electron chi connectivity index (χ0n) is 44.4. The van der Waals surface area contributed by atoms with Crippen LogP contribution in [0.3, 0.4) is 0 Å². The van der Waals surface area contributed by atoms with Gasteiger partial charge in [0.2, 0.25) is 0 Å². The molecule has 62 heavy (non-hydrogen) atoms. The van der Waals surface area contributed by atoms with Crippen LogP contribution in [-0.4, -0.2) is 111 Å². The molecule has 25 heteroatoms. The highest BCUT2D eigenvalue weighted by molar-refractivity contribution is 6.96. The summed E-state index contributed by atoms with van der Waals surface area (Å²) in [5.74, 6) is 0. The topological polar surface area (TPSA) is 111 Å². The van der Waals surface area contributed by atoms with Gasteiger partial charge in [-0.2, -0.15) is 0 Å². The normalized spacial score (nSPS) is 15.5. The van der Waals surface area contributed by atoms with Crippen LogP contribution < -0.4 is 0 Å². The third-order valence-electron chi connectivity index (χ3n) is 6.45. The third-order valence-corrected chi connectivity index (χ3v) is 45.1. The molecule has 1 rings (SSSR count). The van der Waals surface area contributed by atoms with Crippen LogP contribution in [0.25, 0.3) is 6.08 Å². The number of rotatable bonds is 28. The van der Waals surface area contributed by atoms with Crippen molar-refractivity contribution in [3.63, 3.8) is 0 Å². The van der Waals surface area contributed by atoms with Crippen LogP contribution in [0.4, 0.5) is 0 Å². The lowest BCUT2D eigenvalue weighted by atomic mass is 10.2. The van der Waals surface area contributed by atoms with Crippen LogP contribution in [0.5, 0.6) is 0 Å². The van der Waals surface area contributed by atoms with Gasteiger partial charge < -0.3 is 49.4 Å². The maximum absolute atomic E-state index is 7.80. The van der Waals surface area contributed by atoms with E-state index in [0.717, 1.165) is 5.56 Å². The minimum Gasteiger partial charge on any atom is -0.417 e. The minimum absolute atomic E-state index is 0.473. The van der Waals surface area contributed by atoms with Crippen LogP contribution in [0.1, 0.15) is 12.0 Å². The lowest BCUT2D eigenvalue weighted by molar-refractivity contribution is 0.0240. The molecule has 0 N–H and O–H groups in total. The Morgan fingerprint density at radius 3 is 0.806 bits per heavy atom. The van der Waals surface area contributed by atoms with Gasteiger partial charge >= 0.3 is 35.9 Å². The van der Waals surface area contributed by atoms with Crippen molar-refractivity contribution in [2.24, 2.45) is 0 Å². The number of hydrogen-bond acceptors (Lipinski definition) is 12. The van der Waals surface area contributed by atoms with E-state index >= 15 is 0 Å². The van der Waals surface area contributed by atoms with Gasteiger partial charge in [-0.1, -0.05) is 42.5 Å². The Labute approximate surface area is 394 Å². The lowest BCUT2D eigenvalue weighted by Crippen LogP contribution is -2.76. The van der Waals surface area contributed by atoms with Crippen LogP contribution in [0, 0.1) is 0 Å². The van der Waals surface area contributed by atoms with Crippen LogP contribution in [0.15, 0.2) is 36.4 Å². The minimum atomic E-state index is -4.61. The van der Waals surface area contributed by atoms with Gasteiger partial charge in [-0.3, -0.25) is 0 Å². The molecule has 0 heterocycles. The SMILES string of the molecule is C[Si](C)(C)O[Si](CCC=Cc1ccccc1)(O[Si](C)(C)C)O[Si](O[Si](C)(C)C)(O[Si](C)(C)C)O[Si](O[Si](C)(C)C)(O[Si](C)(C)C)O[Si](O[Si](C)(C)C)(O[Si](C)(C)C)O[Si](C)(C)C. The van der Waals surface area contributed by atoms with Gasteiger partial charge in [-0.05, 0) is 189 Å². The number of allylic oxidation sites excluding steroid dienone is 1. The molecule has 0 aromatic heterocycles. The summed E-state index contributed by atoms with van der Waals surface area (Å²) in [6, 6.07) is 10.8. The first-order valence-electron chi connectivity index (χ1n) is 22.2. The van der Waals surface area contributed by atoms with Gasteiger partial charge in [0.1, 0.15) is 0 Å². The second-order valence-corrected chi connectivity index (χ2v) is 77.5. The van der Waals surface area contributed by atoms with Gasteiger partial charge in [-0.15, -0.1) is 0 Å². The summed E-state index contributed by atoms with van der Waals surface area (Å²) in [6.07, 6.45) is 4.94. The summed E-state index contributed by atoms with van der Waals surface area (Å²) in [5.41, 5.74) is 1.11. The average molecular weight is 1090 g/mol. The molecule has 0 aliphatic rings. The van der Waals surface area contributed by atoms with E-state index in [0.29, 0.717) is 12.5 Å². The molecule has 12 nitrogen and oxygen atoms in total. The third kappa shape index (κ3) is 28.0. The van der Waals surface area contributed by atoms with Crippen molar-refractivity contribution in [3.8, 4) is 0 Å². The Morgan fingerprint density at radius 2 is 0.548 bits per heavy atom. The van der Waals surface area contributed by atoms with Crippen LogP contribution in [-0.2, 0) is 49.4 Å². The first-order chi connectivity index (χ1) is 27.1. The van der Waals surface area contributed by atoms with Gasteiger partial charge in [0.15, 0.2) is 74.9 Å². The summed E-state index contributed by atoms with van der Waals surface area (Å²) < 4.78 is 89.3. The molecule has 0 atom stereocenters. The maximum Gasteiger partial charge on any atom is 0.646 e. The summed E-state index contributed by atoms with van der Waals surface area (Å²) in [5, 5.41) is 0. The molecule has 0 spiro atoms. The maximum atomic E-state index is 7.80. The summed E-state index contributed by atoms with van der Waals surface area (Å²) in [6.45, 7) is 57.6. The van der Waals surface area contributed by atoms with Crippen molar-refractivity contribution < 1.29 is 49.4 Å². The van der Waals surface area contributed by atoms with Gasteiger partial charge in [0.25, 0.3) is 0 Å². The fourth-order valence-electron chi connectivity index (χ4n) is 5.69. The smallest absolute Gasteiger partial charge is 0.417 e. The number of benzene rings is 1. The van der Waals surface area contributed by atoms with Crippen molar-refractivity contribution in [1.29, 1.82) is 0 Å². The molecule has 0 saturated carbocycles. The molecule has 0 aliphatic carbocycles. The molecule has 1 aromatic carbocycles. The van der Waals surface area contributed by atoms with Crippen molar-refractivity contribution in [2.45, 2.75) is 189 Å². The van der Waals surface area contributed by atoms with E-state index < -0.39 is 111 Å². The standard InChI is InChI=1S/C37H92O12Si13/c1-50(2,3)38-59(39-51(4,5)6,36-32-31-35-37-33-29-28-30-34-37)47-61(43-55(16,17)18,44-56(19,20)21)49-62(45-57(22,23)24,46-58(25,26)27)48-60(40-52(7,8)9,41-53(10,11)12)42-54(13,14)15/h28-31,33-35H,32,36H2,1-27H3. The summed E-state index contributed by atoms with van der Waals surface area (Å²) in [4.78, 5) is 0. The second kappa shape index (κ2) is 21.9. The van der Waals surface area contributed by atoms with Gasteiger partial charge in [-0.25, -0.2) is 0 Å². The molecule has 0 unspecified atom stereocenters. The monoisotopic (exact) mass is 1090 g/mol. The highest BCUT2D eigenvalue weighted by atomic mass is 28.6. The van der Waals surface area contributed by atoms with E-state index in [9.17, 15) is 0 Å². The van der Waals surface area contributed by atoms with E-state index in [1.807, 2.05) is 18.2 Å². The van der Waals surface area contributed by atoms with E-state index in [1.54, 1.807) is 0 Å². The fourth-order valence-corrected chi connectivity index (χ4v) is 51.2. The largest absolute Gasteiger partial charge is 0.646 e. The van der Waals surface area contributed by atoms with E-state index in [2.05, 4.69) is 201 Å². The number of hydrogen-bond donors (Lipinski definition) is 0. The fraction of sp³-hybridized carbons (Fsp3) is 0.784. The summed E-state index contributed by atoms with van der Waals surface area (Å²) >= 11 is 0. The zero-order valence-corrected chi connectivity index (χ0v) is 57.4. The molecular weight excluding hydrogens is 1000 g/mol. The molecule has 0 aliphatic heterocycles. The van der Waals surface area contributed by atoms with Crippen LogP contribution in [0.2, 0.25) is 183 Å². The molecule has 0 saturated heterocycles. The first kappa shape index (κ1) is 61.3. The van der Waals surface area contributed by atoms with E-state index in [4.69, 9.17) is 49.4 Å². The average Bonchev–Trinajstić information content (AvgIpc) is 2.86. The van der Waals surface area contributed by atoms with E-state index in [-0.39, 0.29) is 0 Å². The predicted octanol–water partition coefficient (Wildman–Crippen LogP) is 13.0. The quantitative estimate of drug-likeness (QED) is 0.0745. The van der Waals surface area contributed by atoms with Crippen LogP contribution >= 0.6 is 0 Å². The highest BCUT2D eigenvalue weighted by Gasteiger charge is 2.72. The Bertz CT molecular complexity index is 1460. The van der Waals surface area contributed by atoms with E-state index in [1.165, 1.54) is 0 Å². The second-order valence-electron chi connectivity index (χ2n) is 24.8. The Balaban J connectivity index is 4.70. The zero-order chi connectivity index (χ0) is 48.9. The predicted molar refractivity (Wildman–Crippen MR) is 291 cm³/mol. The molecule has 0 radical (unpaired) electrons. The Hall–Kier alpha value is 1.30.